The Morgan fingerprint density at radius 3 is 2.62 bits per heavy atom. The third-order valence-electron chi connectivity index (χ3n) is 5.00. The average Bonchev–Trinajstić information content (AvgIpc) is 3.20. The van der Waals surface area contributed by atoms with Gasteiger partial charge in [0.1, 0.15) is 11.5 Å². The molecule has 3 rings (SSSR count). The van der Waals surface area contributed by atoms with Gasteiger partial charge in [-0.15, -0.1) is 0 Å². The van der Waals surface area contributed by atoms with Crippen molar-refractivity contribution >= 4 is 5.91 Å². The van der Waals surface area contributed by atoms with Crippen molar-refractivity contribution in [1.29, 1.82) is 0 Å². The molecule has 0 atom stereocenters. The fourth-order valence-corrected chi connectivity index (χ4v) is 3.47. The van der Waals surface area contributed by atoms with Gasteiger partial charge in [-0.2, -0.15) is 0 Å². The molecule has 0 N–H and O–H groups in total. The first-order valence-electron chi connectivity index (χ1n) is 9.40. The molecule has 0 aliphatic carbocycles. The van der Waals surface area contributed by atoms with Crippen LogP contribution in [-0.4, -0.2) is 55.5 Å². The molecule has 1 aromatic carbocycles. The van der Waals surface area contributed by atoms with E-state index in [0.29, 0.717) is 12.8 Å². The van der Waals surface area contributed by atoms with Gasteiger partial charge in [0, 0.05) is 39.0 Å². The first kappa shape index (κ1) is 18.5. The Labute approximate surface area is 155 Å². The highest BCUT2D eigenvalue weighted by Crippen LogP contribution is 2.19. The predicted molar refractivity (Wildman–Crippen MR) is 101 cm³/mol. The van der Waals surface area contributed by atoms with Crippen molar-refractivity contribution < 1.29 is 13.9 Å². The largest absolute Gasteiger partial charge is 0.496 e. The summed E-state index contributed by atoms with van der Waals surface area (Å²) in [5.41, 5.74) is 1.27. The summed E-state index contributed by atoms with van der Waals surface area (Å²) in [6.45, 7) is 4.63. The van der Waals surface area contributed by atoms with Gasteiger partial charge in [-0.1, -0.05) is 18.2 Å². The number of piperazine rings is 1. The van der Waals surface area contributed by atoms with Crippen LogP contribution in [0.25, 0.3) is 0 Å². The molecule has 0 spiro atoms. The fraction of sp³-hybridized carbons (Fsp3) is 0.476. The summed E-state index contributed by atoms with van der Waals surface area (Å²) in [6, 6.07) is 12.0. The van der Waals surface area contributed by atoms with E-state index in [9.17, 15) is 4.79 Å². The number of ether oxygens (including phenoxy) is 1. The third kappa shape index (κ3) is 5.11. The second-order valence-corrected chi connectivity index (χ2v) is 6.72. The van der Waals surface area contributed by atoms with E-state index >= 15 is 0 Å². The van der Waals surface area contributed by atoms with Crippen LogP contribution in [0.4, 0.5) is 0 Å². The maximum Gasteiger partial charge on any atom is 0.223 e. The maximum absolute atomic E-state index is 12.3. The Bertz CT molecular complexity index is 676. The van der Waals surface area contributed by atoms with E-state index in [1.807, 2.05) is 29.2 Å². The number of carbonyl (C=O) groups excluding carboxylic acids is 1. The van der Waals surface area contributed by atoms with Crippen LogP contribution in [0.15, 0.2) is 47.1 Å². The molecule has 0 bridgehead atoms. The monoisotopic (exact) mass is 356 g/mol. The molecule has 140 valence electrons. The van der Waals surface area contributed by atoms with Crippen molar-refractivity contribution in [1.82, 2.24) is 9.80 Å². The summed E-state index contributed by atoms with van der Waals surface area (Å²) in [4.78, 5) is 16.8. The molecule has 1 aliphatic rings. The zero-order chi connectivity index (χ0) is 18.2. The molecule has 1 aliphatic heterocycles. The highest BCUT2D eigenvalue weighted by Gasteiger charge is 2.20. The van der Waals surface area contributed by atoms with Gasteiger partial charge in [0.15, 0.2) is 0 Å². The summed E-state index contributed by atoms with van der Waals surface area (Å²) in [6.07, 6.45) is 5.00. The van der Waals surface area contributed by atoms with Gasteiger partial charge in [-0.05, 0) is 43.1 Å². The molecule has 1 aromatic heterocycles. The van der Waals surface area contributed by atoms with E-state index in [-0.39, 0.29) is 5.91 Å². The smallest absolute Gasteiger partial charge is 0.223 e. The SMILES string of the molecule is COc1ccccc1CCCN1CCN(C(=O)CCc2ccco2)CC1. The van der Waals surface area contributed by atoms with Gasteiger partial charge in [0.05, 0.1) is 13.4 Å². The van der Waals surface area contributed by atoms with E-state index in [4.69, 9.17) is 9.15 Å². The number of furan rings is 1. The Morgan fingerprint density at radius 2 is 1.88 bits per heavy atom. The van der Waals surface area contributed by atoms with Crippen LogP contribution in [0.3, 0.4) is 0 Å². The van der Waals surface area contributed by atoms with Gasteiger partial charge in [0.25, 0.3) is 0 Å². The van der Waals surface area contributed by atoms with Crippen LogP contribution in [0, 0.1) is 0 Å². The minimum atomic E-state index is 0.232. The van der Waals surface area contributed by atoms with Crippen LogP contribution >= 0.6 is 0 Å². The minimum Gasteiger partial charge on any atom is -0.496 e. The highest BCUT2D eigenvalue weighted by atomic mass is 16.5. The normalized spacial score (nSPS) is 15.2. The Balaban J connectivity index is 1.35. The summed E-state index contributed by atoms with van der Waals surface area (Å²) < 4.78 is 10.7. The number of rotatable bonds is 8. The number of benzene rings is 1. The van der Waals surface area contributed by atoms with E-state index in [2.05, 4.69) is 17.0 Å². The Hall–Kier alpha value is -2.27. The van der Waals surface area contributed by atoms with E-state index in [0.717, 1.165) is 57.1 Å². The maximum atomic E-state index is 12.3. The van der Waals surface area contributed by atoms with Gasteiger partial charge in [-0.3, -0.25) is 9.69 Å². The van der Waals surface area contributed by atoms with E-state index in [1.165, 1.54) is 5.56 Å². The molecule has 0 unspecified atom stereocenters. The van der Waals surface area contributed by atoms with Gasteiger partial charge >= 0.3 is 0 Å². The lowest BCUT2D eigenvalue weighted by Crippen LogP contribution is -2.48. The van der Waals surface area contributed by atoms with Crippen molar-refractivity contribution in [2.24, 2.45) is 0 Å². The van der Waals surface area contributed by atoms with Crippen molar-refractivity contribution in [3.8, 4) is 5.75 Å². The van der Waals surface area contributed by atoms with Crippen LogP contribution in [0.5, 0.6) is 5.75 Å². The van der Waals surface area contributed by atoms with E-state index in [1.54, 1.807) is 13.4 Å². The van der Waals surface area contributed by atoms with Gasteiger partial charge in [0.2, 0.25) is 5.91 Å². The number of hydrogen-bond acceptors (Lipinski definition) is 4. The molecule has 0 saturated carbocycles. The second kappa shape index (κ2) is 9.43. The molecule has 1 amide bonds. The molecule has 26 heavy (non-hydrogen) atoms. The number of nitrogens with zero attached hydrogens (tertiary/aromatic N) is 2. The number of para-hydroxylation sites is 1. The van der Waals surface area contributed by atoms with Gasteiger partial charge < -0.3 is 14.1 Å². The minimum absolute atomic E-state index is 0.232. The third-order valence-corrected chi connectivity index (χ3v) is 5.00. The summed E-state index contributed by atoms with van der Waals surface area (Å²) in [5.74, 6) is 2.09. The first-order valence-corrected chi connectivity index (χ1v) is 9.40. The molecule has 2 heterocycles. The molecule has 5 nitrogen and oxygen atoms in total. The molecular weight excluding hydrogens is 328 g/mol. The van der Waals surface area contributed by atoms with Crippen molar-refractivity contribution in [3.63, 3.8) is 0 Å². The average molecular weight is 356 g/mol. The number of amides is 1. The topological polar surface area (TPSA) is 45.9 Å². The zero-order valence-electron chi connectivity index (χ0n) is 15.5. The molecule has 2 aromatic rings. The summed E-state index contributed by atoms with van der Waals surface area (Å²) in [5, 5.41) is 0. The highest BCUT2D eigenvalue weighted by molar-refractivity contribution is 5.76. The second-order valence-electron chi connectivity index (χ2n) is 6.72. The van der Waals surface area contributed by atoms with E-state index < -0.39 is 0 Å². The molecule has 1 fully saturated rings. The zero-order valence-corrected chi connectivity index (χ0v) is 15.5. The number of aryl methyl sites for hydroxylation is 2. The molecular formula is C21H28N2O3. The summed E-state index contributed by atoms with van der Waals surface area (Å²) >= 11 is 0. The van der Waals surface area contributed by atoms with Crippen molar-refractivity contribution in [3.05, 3.63) is 54.0 Å². The lowest BCUT2D eigenvalue weighted by Gasteiger charge is -2.34. The van der Waals surface area contributed by atoms with Crippen LogP contribution in [0.1, 0.15) is 24.2 Å². The Morgan fingerprint density at radius 1 is 1.08 bits per heavy atom. The molecule has 1 saturated heterocycles. The number of methoxy groups -OCH3 is 1. The number of hydrogen-bond donors (Lipinski definition) is 0. The lowest BCUT2D eigenvalue weighted by atomic mass is 10.1. The molecule has 0 radical (unpaired) electrons. The van der Waals surface area contributed by atoms with Crippen LogP contribution in [-0.2, 0) is 17.6 Å². The lowest BCUT2D eigenvalue weighted by molar-refractivity contribution is -0.133. The quantitative estimate of drug-likeness (QED) is 0.729. The van der Waals surface area contributed by atoms with Crippen LogP contribution in [0.2, 0.25) is 0 Å². The predicted octanol–water partition coefficient (Wildman–Crippen LogP) is 3.00. The first-order chi connectivity index (χ1) is 12.8. The molecule has 5 heteroatoms. The Kier molecular flexibility index (Phi) is 6.72. The standard InChI is InChI=1S/C21H28N2O3/c1-25-20-9-3-2-6-18(20)7-4-12-22-13-15-23(16-14-22)21(24)11-10-19-8-5-17-26-19/h2-3,5-6,8-9,17H,4,7,10-16H2,1H3. The summed E-state index contributed by atoms with van der Waals surface area (Å²) in [7, 11) is 1.72. The van der Waals surface area contributed by atoms with Crippen molar-refractivity contribution in [2.45, 2.75) is 25.7 Å². The van der Waals surface area contributed by atoms with Gasteiger partial charge in [-0.25, -0.2) is 0 Å². The fourth-order valence-electron chi connectivity index (χ4n) is 3.47. The number of carbonyl (C=O) groups is 1. The van der Waals surface area contributed by atoms with Crippen LogP contribution < -0.4 is 4.74 Å². The van der Waals surface area contributed by atoms with Crippen molar-refractivity contribution in [2.75, 3.05) is 39.8 Å².